The maximum Gasteiger partial charge on any atom is 0.435 e. The summed E-state index contributed by atoms with van der Waals surface area (Å²) in [5, 5.41) is 15.0. The van der Waals surface area contributed by atoms with Gasteiger partial charge in [0.15, 0.2) is 17.1 Å². The molecular formula is C11H6F3N3O3. The Morgan fingerprint density at radius 2 is 1.95 bits per heavy atom. The standard InChI is InChI=1S/C11H6F3N3O3/c12-11(13,14)7-3-4-8(17-16-7)20-6-2-1-5-15-9(6)10(18)19/h1-5H,(H,18,19). The number of carboxylic acid groups (broad SMARTS) is 1. The minimum atomic E-state index is -4.61. The minimum Gasteiger partial charge on any atom is -0.476 e. The van der Waals surface area contributed by atoms with Gasteiger partial charge in [0.2, 0.25) is 5.88 Å². The van der Waals surface area contributed by atoms with Crippen molar-refractivity contribution in [1.29, 1.82) is 0 Å². The first-order chi connectivity index (χ1) is 9.38. The van der Waals surface area contributed by atoms with Crippen LogP contribution in [0.25, 0.3) is 0 Å². The first-order valence-corrected chi connectivity index (χ1v) is 5.15. The lowest BCUT2D eigenvalue weighted by Gasteiger charge is -2.07. The molecule has 0 bridgehead atoms. The number of hydrogen-bond donors (Lipinski definition) is 1. The highest BCUT2D eigenvalue weighted by Crippen LogP contribution is 2.28. The number of rotatable bonds is 3. The molecule has 0 unspecified atom stereocenters. The summed E-state index contributed by atoms with van der Waals surface area (Å²) < 4.78 is 41.9. The largest absolute Gasteiger partial charge is 0.476 e. The van der Waals surface area contributed by atoms with Crippen LogP contribution in [0.4, 0.5) is 13.2 Å². The van der Waals surface area contributed by atoms with Gasteiger partial charge in [-0.1, -0.05) is 0 Å². The Bertz CT molecular complexity index is 629. The van der Waals surface area contributed by atoms with E-state index in [1.165, 1.54) is 18.3 Å². The van der Waals surface area contributed by atoms with Gasteiger partial charge in [-0.25, -0.2) is 9.78 Å². The average Bonchev–Trinajstić information content (AvgIpc) is 2.38. The molecule has 1 N–H and O–H groups in total. The maximum atomic E-state index is 12.3. The Balaban J connectivity index is 2.25. The molecule has 0 saturated heterocycles. The highest BCUT2D eigenvalue weighted by atomic mass is 19.4. The molecule has 0 fully saturated rings. The van der Waals surface area contributed by atoms with Crippen LogP contribution in [-0.2, 0) is 6.18 Å². The van der Waals surface area contributed by atoms with Crippen molar-refractivity contribution in [1.82, 2.24) is 15.2 Å². The predicted molar refractivity (Wildman–Crippen MR) is 58.3 cm³/mol. The van der Waals surface area contributed by atoms with Crippen molar-refractivity contribution in [2.24, 2.45) is 0 Å². The Labute approximate surface area is 109 Å². The summed E-state index contributed by atoms with van der Waals surface area (Å²) in [5.74, 6) is -1.75. The molecule has 104 valence electrons. The quantitative estimate of drug-likeness (QED) is 0.931. The third-order valence-electron chi connectivity index (χ3n) is 2.12. The topological polar surface area (TPSA) is 85.2 Å². The molecule has 0 aliphatic heterocycles. The second-order valence-corrected chi connectivity index (χ2v) is 3.51. The van der Waals surface area contributed by atoms with Crippen LogP contribution in [0.15, 0.2) is 30.5 Å². The fraction of sp³-hybridized carbons (Fsp3) is 0.0909. The van der Waals surface area contributed by atoms with Gasteiger partial charge in [-0.05, 0) is 18.2 Å². The predicted octanol–water partition coefficient (Wildman–Crippen LogP) is 2.38. The molecule has 2 rings (SSSR count). The van der Waals surface area contributed by atoms with Crippen molar-refractivity contribution in [2.75, 3.05) is 0 Å². The highest BCUT2D eigenvalue weighted by Gasteiger charge is 2.33. The van der Waals surface area contributed by atoms with Crippen LogP contribution in [-0.4, -0.2) is 26.3 Å². The van der Waals surface area contributed by atoms with E-state index < -0.39 is 17.8 Å². The van der Waals surface area contributed by atoms with Crippen molar-refractivity contribution in [3.63, 3.8) is 0 Å². The van der Waals surface area contributed by atoms with E-state index >= 15 is 0 Å². The number of nitrogens with zero attached hydrogens (tertiary/aromatic N) is 3. The molecular weight excluding hydrogens is 279 g/mol. The summed E-state index contributed by atoms with van der Waals surface area (Å²) in [7, 11) is 0. The van der Waals surface area contributed by atoms with E-state index in [0.29, 0.717) is 6.07 Å². The zero-order chi connectivity index (χ0) is 14.8. The lowest BCUT2D eigenvalue weighted by Crippen LogP contribution is -2.09. The monoisotopic (exact) mass is 285 g/mol. The number of aromatic carboxylic acids is 1. The van der Waals surface area contributed by atoms with Gasteiger partial charge in [0.05, 0.1) is 0 Å². The molecule has 0 amide bonds. The van der Waals surface area contributed by atoms with Crippen LogP contribution in [0.3, 0.4) is 0 Å². The van der Waals surface area contributed by atoms with E-state index in [4.69, 9.17) is 9.84 Å². The first-order valence-electron chi connectivity index (χ1n) is 5.15. The molecule has 20 heavy (non-hydrogen) atoms. The molecule has 0 aliphatic rings. The number of ether oxygens (including phenoxy) is 1. The lowest BCUT2D eigenvalue weighted by molar-refractivity contribution is -0.141. The van der Waals surface area contributed by atoms with Crippen LogP contribution in [0, 0.1) is 0 Å². The van der Waals surface area contributed by atoms with Crippen molar-refractivity contribution in [3.8, 4) is 11.6 Å². The van der Waals surface area contributed by atoms with Crippen LogP contribution < -0.4 is 4.74 Å². The number of halogens is 3. The zero-order valence-electron chi connectivity index (χ0n) is 9.63. The van der Waals surface area contributed by atoms with Crippen molar-refractivity contribution in [3.05, 3.63) is 41.9 Å². The third kappa shape index (κ3) is 2.99. The number of carbonyl (C=O) groups is 1. The van der Waals surface area contributed by atoms with Gasteiger partial charge in [0.1, 0.15) is 0 Å². The SMILES string of the molecule is O=C(O)c1ncccc1Oc1ccc(C(F)(F)F)nn1. The maximum absolute atomic E-state index is 12.3. The van der Waals surface area contributed by atoms with Crippen LogP contribution in [0.5, 0.6) is 11.6 Å². The van der Waals surface area contributed by atoms with Gasteiger partial charge in [-0.2, -0.15) is 13.2 Å². The van der Waals surface area contributed by atoms with Gasteiger partial charge in [-0.15, -0.1) is 10.2 Å². The molecule has 0 saturated carbocycles. The summed E-state index contributed by atoms with van der Waals surface area (Å²) in [4.78, 5) is 14.4. The third-order valence-corrected chi connectivity index (χ3v) is 2.12. The Kier molecular flexibility index (Phi) is 3.51. The summed E-state index contributed by atoms with van der Waals surface area (Å²) in [5.41, 5.74) is -1.55. The Morgan fingerprint density at radius 1 is 1.20 bits per heavy atom. The van der Waals surface area contributed by atoms with Crippen molar-refractivity contribution < 1.29 is 27.8 Å². The summed E-state index contributed by atoms with van der Waals surface area (Å²) in [6.45, 7) is 0. The van der Waals surface area contributed by atoms with Gasteiger partial charge in [-0.3, -0.25) is 0 Å². The number of carboxylic acids is 1. The highest BCUT2D eigenvalue weighted by molar-refractivity contribution is 5.88. The van der Waals surface area contributed by atoms with Crippen molar-refractivity contribution >= 4 is 5.97 Å². The van der Waals surface area contributed by atoms with E-state index in [2.05, 4.69) is 15.2 Å². The molecule has 2 heterocycles. The number of pyridine rings is 1. The zero-order valence-corrected chi connectivity index (χ0v) is 9.63. The van der Waals surface area contributed by atoms with Gasteiger partial charge in [0.25, 0.3) is 0 Å². The van der Waals surface area contributed by atoms with E-state index in [9.17, 15) is 18.0 Å². The fourth-order valence-electron chi connectivity index (χ4n) is 1.27. The van der Waals surface area contributed by atoms with Crippen LogP contribution in [0.2, 0.25) is 0 Å². The molecule has 2 aromatic rings. The van der Waals surface area contributed by atoms with Crippen LogP contribution >= 0.6 is 0 Å². The molecule has 0 spiro atoms. The molecule has 0 radical (unpaired) electrons. The van der Waals surface area contributed by atoms with Gasteiger partial charge < -0.3 is 9.84 Å². The first kappa shape index (κ1) is 13.7. The smallest absolute Gasteiger partial charge is 0.435 e. The van der Waals surface area contributed by atoms with E-state index in [-0.39, 0.29) is 17.3 Å². The Morgan fingerprint density at radius 3 is 2.50 bits per heavy atom. The molecule has 2 aromatic heterocycles. The lowest BCUT2D eigenvalue weighted by atomic mass is 10.3. The van der Waals surface area contributed by atoms with Crippen molar-refractivity contribution in [2.45, 2.75) is 6.18 Å². The van der Waals surface area contributed by atoms with E-state index in [0.717, 1.165) is 6.07 Å². The number of alkyl halides is 3. The summed E-state index contributed by atoms with van der Waals surface area (Å²) in [6.07, 6.45) is -3.36. The van der Waals surface area contributed by atoms with Gasteiger partial charge in [0, 0.05) is 12.3 Å². The van der Waals surface area contributed by atoms with E-state index in [1.54, 1.807) is 0 Å². The van der Waals surface area contributed by atoms with E-state index in [1.807, 2.05) is 0 Å². The molecule has 6 nitrogen and oxygen atoms in total. The van der Waals surface area contributed by atoms with Gasteiger partial charge >= 0.3 is 12.1 Å². The number of hydrogen-bond acceptors (Lipinski definition) is 5. The minimum absolute atomic E-state index is 0.144. The molecule has 9 heteroatoms. The Hall–Kier alpha value is -2.71. The van der Waals surface area contributed by atoms with Crippen LogP contribution in [0.1, 0.15) is 16.2 Å². The second kappa shape index (κ2) is 5.11. The average molecular weight is 285 g/mol. The fourth-order valence-corrected chi connectivity index (χ4v) is 1.27. The summed E-state index contributed by atoms with van der Waals surface area (Å²) in [6, 6.07) is 4.34. The number of aromatic nitrogens is 3. The second-order valence-electron chi connectivity index (χ2n) is 3.51. The summed E-state index contributed by atoms with van der Waals surface area (Å²) >= 11 is 0. The molecule has 0 aromatic carbocycles. The molecule has 0 atom stereocenters. The molecule has 0 aliphatic carbocycles. The normalized spacial score (nSPS) is 11.2.